The van der Waals surface area contributed by atoms with E-state index in [2.05, 4.69) is 5.32 Å². The maximum absolute atomic E-state index is 12.1. The van der Waals surface area contributed by atoms with E-state index in [4.69, 9.17) is 10.5 Å². The minimum atomic E-state index is -0.249. The third-order valence-electron chi connectivity index (χ3n) is 2.87. The molecule has 19 heavy (non-hydrogen) atoms. The fraction of sp³-hybridized carbons (Fsp3) is 0.500. The van der Waals surface area contributed by atoms with Crippen molar-refractivity contribution in [2.75, 3.05) is 19.0 Å². The summed E-state index contributed by atoms with van der Waals surface area (Å²) in [7, 11) is 1.51. The first-order chi connectivity index (χ1) is 8.97. The van der Waals surface area contributed by atoms with Crippen LogP contribution < -0.4 is 15.8 Å². The Morgan fingerprint density at radius 1 is 1.47 bits per heavy atom. The van der Waals surface area contributed by atoms with E-state index in [1.165, 1.54) is 13.2 Å². The number of carbonyl (C=O) groups excluding carboxylic acids is 1. The zero-order chi connectivity index (χ0) is 14.4. The minimum absolute atomic E-state index is 0.0204. The van der Waals surface area contributed by atoms with E-state index in [9.17, 15) is 9.90 Å². The Bertz CT molecular complexity index is 433. The van der Waals surface area contributed by atoms with E-state index in [0.717, 1.165) is 6.42 Å². The Morgan fingerprint density at radius 2 is 2.16 bits per heavy atom. The average molecular weight is 266 g/mol. The first-order valence-electron chi connectivity index (χ1n) is 6.35. The highest BCUT2D eigenvalue weighted by Gasteiger charge is 2.19. The monoisotopic (exact) mass is 266 g/mol. The normalized spacial score (nSPS) is 12.3. The molecule has 106 valence electrons. The van der Waals surface area contributed by atoms with Crippen LogP contribution in [0, 0.1) is 11.8 Å². The number of anilines is 1. The van der Waals surface area contributed by atoms with Crippen molar-refractivity contribution in [3.63, 3.8) is 0 Å². The zero-order valence-corrected chi connectivity index (χ0v) is 11.6. The fourth-order valence-electron chi connectivity index (χ4n) is 1.86. The second kappa shape index (κ2) is 6.99. The molecule has 4 N–H and O–H groups in total. The molecule has 1 unspecified atom stereocenters. The van der Waals surface area contributed by atoms with E-state index in [0.29, 0.717) is 23.9 Å². The smallest absolute Gasteiger partial charge is 0.228 e. The van der Waals surface area contributed by atoms with Gasteiger partial charge in [-0.15, -0.1) is 0 Å². The summed E-state index contributed by atoms with van der Waals surface area (Å²) in [6.45, 7) is 4.38. The SMILES string of the molecule is COc1ccc(NC(=O)C(CN)CC(C)C)c(O)c1. The van der Waals surface area contributed by atoms with Gasteiger partial charge in [0.15, 0.2) is 0 Å². The Hall–Kier alpha value is -1.75. The molecular formula is C14H22N2O3. The van der Waals surface area contributed by atoms with Crippen LogP contribution in [0.4, 0.5) is 5.69 Å². The summed E-state index contributed by atoms with van der Waals surface area (Å²) < 4.78 is 4.98. The number of ether oxygens (including phenoxy) is 1. The topological polar surface area (TPSA) is 84.6 Å². The third-order valence-corrected chi connectivity index (χ3v) is 2.87. The van der Waals surface area contributed by atoms with E-state index < -0.39 is 0 Å². The van der Waals surface area contributed by atoms with Gasteiger partial charge in [-0.05, 0) is 24.5 Å². The maximum atomic E-state index is 12.1. The van der Waals surface area contributed by atoms with Gasteiger partial charge in [-0.1, -0.05) is 13.8 Å². The molecule has 1 aromatic rings. The van der Waals surface area contributed by atoms with Gasteiger partial charge < -0.3 is 20.9 Å². The van der Waals surface area contributed by atoms with Gasteiger partial charge in [0.2, 0.25) is 5.91 Å². The van der Waals surface area contributed by atoms with Crippen molar-refractivity contribution >= 4 is 11.6 Å². The molecule has 1 amide bonds. The molecule has 0 aliphatic heterocycles. The van der Waals surface area contributed by atoms with Crippen LogP contribution in [0.5, 0.6) is 11.5 Å². The molecule has 0 aliphatic carbocycles. The summed E-state index contributed by atoms with van der Waals surface area (Å²) in [4.78, 5) is 12.1. The van der Waals surface area contributed by atoms with Gasteiger partial charge in [0.25, 0.3) is 0 Å². The van der Waals surface area contributed by atoms with Gasteiger partial charge in [-0.3, -0.25) is 4.79 Å². The van der Waals surface area contributed by atoms with Crippen LogP contribution in [-0.4, -0.2) is 24.7 Å². The van der Waals surface area contributed by atoms with Gasteiger partial charge in [0.1, 0.15) is 11.5 Å². The molecule has 0 aliphatic rings. The van der Waals surface area contributed by atoms with Crippen LogP contribution in [0.3, 0.4) is 0 Å². The number of benzene rings is 1. The summed E-state index contributed by atoms with van der Waals surface area (Å²) >= 11 is 0. The zero-order valence-electron chi connectivity index (χ0n) is 11.6. The molecule has 0 radical (unpaired) electrons. The van der Waals surface area contributed by atoms with E-state index in [1.54, 1.807) is 12.1 Å². The van der Waals surface area contributed by atoms with Crippen LogP contribution in [0.2, 0.25) is 0 Å². The number of hydrogen-bond acceptors (Lipinski definition) is 4. The fourth-order valence-corrected chi connectivity index (χ4v) is 1.86. The van der Waals surface area contributed by atoms with Crippen molar-refractivity contribution in [3.8, 4) is 11.5 Å². The summed E-state index contributed by atoms with van der Waals surface area (Å²) in [5, 5.41) is 12.5. The third kappa shape index (κ3) is 4.44. The van der Waals surface area contributed by atoms with Crippen LogP contribution in [0.1, 0.15) is 20.3 Å². The number of phenolic OH excluding ortho intramolecular Hbond substituents is 1. The molecule has 5 nitrogen and oxygen atoms in total. The number of amides is 1. The number of nitrogens with two attached hydrogens (primary N) is 1. The van der Waals surface area contributed by atoms with Gasteiger partial charge >= 0.3 is 0 Å². The van der Waals surface area contributed by atoms with Gasteiger partial charge in [0.05, 0.1) is 18.7 Å². The number of nitrogens with one attached hydrogen (secondary N) is 1. The lowest BCUT2D eigenvalue weighted by Gasteiger charge is -2.17. The molecule has 0 saturated carbocycles. The lowest BCUT2D eigenvalue weighted by molar-refractivity contribution is -0.120. The number of carbonyl (C=O) groups is 1. The molecule has 5 heteroatoms. The second-order valence-corrected chi connectivity index (χ2v) is 4.93. The van der Waals surface area contributed by atoms with Gasteiger partial charge in [0, 0.05) is 12.6 Å². The van der Waals surface area contributed by atoms with Crippen molar-refractivity contribution in [3.05, 3.63) is 18.2 Å². The number of phenols is 1. The molecule has 0 bridgehead atoms. The molecule has 0 fully saturated rings. The van der Waals surface area contributed by atoms with Crippen LogP contribution >= 0.6 is 0 Å². The lowest BCUT2D eigenvalue weighted by atomic mass is 9.96. The molecule has 0 spiro atoms. The Morgan fingerprint density at radius 3 is 2.63 bits per heavy atom. The first-order valence-corrected chi connectivity index (χ1v) is 6.35. The number of hydrogen-bond donors (Lipinski definition) is 3. The standard InChI is InChI=1S/C14H22N2O3/c1-9(2)6-10(8-15)14(18)16-12-5-4-11(19-3)7-13(12)17/h4-5,7,9-10,17H,6,8,15H2,1-3H3,(H,16,18). The molecule has 0 heterocycles. The van der Waals surface area contributed by atoms with Crippen LogP contribution in [-0.2, 0) is 4.79 Å². The number of aromatic hydroxyl groups is 1. The van der Waals surface area contributed by atoms with E-state index in [-0.39, 0.29) is 17.6 Å². The predicted molar refractivity (Wildman–Crippen MR) is 75.3 cm³/mol. The Kier molecular flexibility index (Phi) is 5.63. The summed E-state index contributed by atoms with van der Waals surface area (Å²) in [5.41, 5.74) is 5.98. The van der Waals surface area contributed by atoms with E-state index >= 15 is 0 Å². The maximum Gasteiger partial charge on any atom is 0.228 e. The number of rotatable bonds is 6. The first kappa shape index (κ1) is 15.3. The van der Waals surface area contributed by atoms with Crippen molar-refractivity contribution in [1.82, 2.24) is 0 Å². The average Bonchev–Trinajstić information content (AvgIpc) is 2.37. The summed E-state index contributed by atoms with van der Waals surface area (Å²) in [6.07, 6.45) is 0.721. The van der Waals surface area contributed by atoms with Crippen molar-refractivity contribution in [2.24, 2.45) is 17.6 Å². The Balaban J connectivity index is 2.75. The van der Waals surface area contributed by atoms with Crippen LogP contribution in [0.15, 0.2) is 18.2 Å². The summed E-state index contributed by atoms with van der Waals surface area (Å²) in [5.74, 6) is 0.489. The number of methoxy groups -OCH3 is 1. The van der Waals surface area contributed by atoms with Crippen molar-refractivity contribution in [2.45, 2.75) is 20.3 Å². The highest BCUT2D eigenvalue weighted by molar-refractivity contribution is 5.94. The van der Waals surface area contributed by atoms with Crippen molar-refractivity contribution < 1.29 is 14.6 Å². The minimum Gasteiger partial charge on any atom is -0.506 e. The second-order valence-electron chi connectivity index (χ2n) is 4.93. The van der Waals surface area contributed by atoms with Gasteiger partial charge in [-0.2, -0.15) is 0 Å². The van der Waals surface area contributed by atoms with Gasteiger partial charge in [-0.25, -0.2) is 0 Å². The molecule has 0 aromatic heterocycles. The highest BCUT2D eigenvalue weighted by atomic mass is 16.5. The molecular weight excluding hydrogens is 244 g/mol. The lowest BCUT2D eigenvalue weighted by Crippen LogP contribution is -2.30. The summed E-state index contributed by atoms with van der Waals surface area (Å²) in [6, 6.07) is 4.74. The molecule has 1 aromatic carbocycles. The van der Waals surface area contributed by atoms with E-state index in [1.807, 2.05) is 13.8 Å². The quantitative estimate of drug-likeness (QED) is 0.687. The molecule has 0 saturated heterocycles. The van der Waals surface area contributed by atoms with Crippen molar-refractivity contribution in [1.29, 1.82) is 0 Å². The highest BCUT2D eigenvalue weighted by Crippen LogP contribution is 2.28. The molecule has 1 rings (SSSR count). The molecule has 1 atom stereocenters. The predicted octanol–water partition coefficient (Wildman–Crippen LogP) is 1.96. The Labute approximate surface area is 113 Å². The largest absolute Gasteiger partial charge is 0.506 e. The van der Waals surface area contributed by atoms with Crippen LogP contribution in [0.25, 0.3) is 0 Å².